The molecule has 0 aliphatic carbocycles. The van der Waals surface area contributed by atoms with E-state index in [2.05, 4.69) is 5.32 Å². The average Bonchev–Trinajstić information content (AvgIpc) is 2.72. The molecular weight excluding hydrogens is 366 g/mol. The van der Waals surface area contributed by atoms with Gasteiger partial charge in [-0.25, -0.2) is 0 Å². The zero-order valence-corrected chi connectivity index (χ0v) is 15.0. The van der Waals surface area contributed by atoms with Gasteiger partial charge >= 0.3 is 0 Å². The Morgan fingerprint density at radius 1 is 1.14 bits per heavy atom. The molecule has 1 aromatic rings. The summed E-state index contributed by atoms with van der Waals surface area (Å²) in [6.45, 7) is 1.60. The topological polar surface area (TPSA) is 32.3 Å². The van der Waals surface area contributed by atoms with Crippen LogP contribution in [-0.4, -0.2) is 33.9 Å². The van der Waals surface area contributed by atoms with Crippen molar-refractivity contribution in [1.82, 2.24) is 10.2 Å². The van der Waals surface area contributed by atoms with Crippen LogP contribution < -0.4 is 5.32 Å². The molecule has 0 unspecified atom stereocenters. The molecule has 3 nitrogen and oxygen atoms in total. The molecule has 1 saturated heterocycles. The third-order valence-electron chi connectivity index (χ3n) is 3.67. The lowest BCUT2D eigenvalue weighted by atomic mass is 10.2. The maximum absolute atomic E-state index is 12.4. The fourth-order valence-corrected chi connectivity index (χ4v) is 3.34. The summed E-state index contributed by atoms with van der Waals surface area (Å²) in [6.07, 6.45) is 3.72. The van der Waals surface area contributed by atoms with Crippen LogP contribution in [0.25, 0.3) is 0 Å². The Morgan fingerprint density at radius 3 is 2.32 bits per heavy atom. The summed E-state index contributed by atoms with van der Waals surface area (Å²) in [5.41, 5.74) is 0.446. The summed E-state index contributed by atoms with van der Waals surface area (Å²) >= 11 is 24.2. The zero-order chi connectivity index (χ0) is 16.2. The van der Waals surface area contributed by atoms with Gasteiger partial charge in [-0.3, -0.25) is 9.69 Å². The normalized spacial score (nSPS) is 18.5. The second kappa shape index (κ2) is 8.07. The van der Waals surface area contributed by atoms with E-state index in [0.717, 1.165) is 38.8 Å². The molecule has 2 rings (SSSR count). The number of carbonyl (C=O) groups excluding carboxylic acids is 1. The first-order valence-electron chi connectivity index (χ1n) is 7.25. The number of alkyl halides is 3. The summed E-state index contributed by atoms with van der Waals surface area (Å²) in [6, 6.07) is 6.70. The summed E-state index contributed by atoms with van der Waals surface area (Å²) in [7, 11) is 0. The molecule has 1 heterocycles. The van der Waals surface area contributed by atoms with Crippen molar-refractivity contribution >= 4 is 52.3 Å². The molecule has 1 atom stereocenters. The Bertz CT molecular complexity index is 511. The van der Waals surface area contributed by atoms with Gasteiger partial charge < -0.3 is 5.32 Å². The van der Waals surface area contributed by atoms with Crippen molar-refractivity contribution in [1.29, 1.82) is 0 Å². The van der Waals surface area contributed by atoms with Crippen molar-refractivity contribution in [2.75, 3.05) is 13.1 Å². The minimum absolute atomic E-state index is 0.303. The summed E-state index contributed by atoms with van der Waals surface area (Å²) in [4.78, 5) is 14.4. The molecule has 7 heteroatoms. The van der Waals surface area contributed by atoms with Gasteiger partial charge in [-0.2, -0.15) is 0 Å². The molecule has 0 bridgehead atoms. The zero-order valence-electron chi connectivity index (χ0n) is 12.0. The Kier molecular flexibility index (Phi) is 6.66. The van der Waals surface area contributed by atoms with Crippen LogP contribution >= 0.6 is 46.4 Å². The highest BCUT2D eigenvalue weighted by atomic mass is 35.6. The minimum atomic E-state index is -1.60. The van der Waals surface area contributed by atoms with Gasteiger partial charge in [0.25, 0.3) is 5.91 Å². The highest BCUT2D eigenvalue weighted by Gasteiger charge is 2.38. The lowest BCUT2D eigenvalue weighted by Crippen LogP contribution is -2.55. The van der Waals surface area contributed by atoms with Crippen LogP contribution in [0.3, 0.4) is 0 Å². The molecule has 1 aliphatic rings. The number of halogens is 4. The number of nitrogens with one attached hydrogen (secondary N) is 1. The monoisotopic (exact) mass is 382 g/mol. The molecule has 1 aliphatic heterocycles. The van der Waals surface area contributed by atoms with Gasteiger partial charge in [0.15, 0.2) is 0 Å². The summed E-state index contributed by atoms with van der Waals surface area (Å²) < 4.78 is -1.60. The first kappa shape index (κ1) is 18.2. The predicted molar refractivity (Wildman–Crippen MR) is 93.0 cm³/mol. The van der Waals surface area contributed by atoms with Crippen LogP contribution in [-0.2, 0) is 0 Å². The van der Waals surface area contributed by atoms with Crippen LogP contribution in [0.5, 0.6) is 0 Å². The van der Waals surface area contributed by atoms with Crippen LogP contribution in [0.15, 0.2) is 24.3 Å². The van der Waals surface area contributed by atoms with Gasteiger partial charge in [-0.1, -0.05) is 65.3 Å². The van der Waals surface area contributed by atoms with Gasteiger partial charge in [-0.05, 0) is 31.0 Å². The second-order valence-electron chi connectivity index (χ2n) is 5.38. The molecule has 0 spiro atoms. The molecule has 0 saturated carbocycles. The van der Waals surface area contributed by atoms with Crippen molar-refractivity contribution in [3.63, 3.8) is 0 Å². The molecule has 122 valence electrons. The van der Waals surface area contributed by atoms with E-state index in [9.17, 15) is 4.79 Å². The van der Waals surface area contributed by atoms with Gasteiger partial charge in [0.2, 0.25) is 3.79 Å². The van der Waals surface area contributed by atoms with E-state index >= 15 is 0 Å². The molecule has 1 amide bonds. The number of likely N-dealkylation sites (tertiary alicyclic amines) is 1. The highest BCUT2D eigenvalue weighted by Crippen LogP contribution is 2.33. The predicted octanol–water partition coefficient (Wildman–Crippen LogP) is 4.64. The molecular formula is C15H18Cl4N2O. The van der Waals surface area contributed by atoms with E-state index < -0.39 is 9.96 Å². The fourth-order valence-electron chi connectivity index (χ4n) is 2.57. The Morgan fingerprint density at radius 2 is 1.77 bits per heavy atom. The Labute approximate surface area is 150 Å². The molecule has 22 heavy (non-hydrogen) atoms. The fraction of sp³-hybridized carbons (Fsp3) is 0.533. The number of hydrogen-bond donors (Lipinski definition) is 1. The number of nitrogens with zero attached hydrogens (tertiary/aromatic N) is 1. The van der Waals surface area contributed by atoms with Crippen molar-refractivity contribution in [2.24, 2.45) is 0 Å². The lowest BCUT2D eigenvalue weighted by Gasteiger charge is -2.35. The SMILES string of the molecule is O=C(N[C@@H](N1CCCCCC1)C(Cl)(Cl)Cl)c1cccc(Cl)c1. The van der Waals surface area contributed by atoms with E-state index in [1.807, 2.05) is 4.90 Å². The quantitative estimate of drug-likeness (QED) is 0.771. The van der Waals surface area contributed by atoms with E-state index in [1.165, 1.54) is 0 Å². The summed E-state index contributed by atoms with van der Waals surface area (Å²) in [5, 5.41) is 3.32. The number of benzene rings is 1. The van der Waals surface area contributed by atoms with Crippen LogP contribution in [0.1, 0.15) is 36.0 Å². The first-order valence-corrected chi connectivity index (χ1v) is 8.76. The molecule has 0 aromatic heterocycles. The number of amides is 1. The number of carbonyl (C=O) groups is 1. The van der Waals surface area contributed by atoms with E-state index in [0.29, 0.717) is 10.6 Å². The second-order valence-corrected chi connectivity index (χ2v) is 8.18. The van der Waals surface area contributed by atoms with Crippen molar-refractivity contribution < 1.29 is 4.79 Å². The molecule has 0 radical (unpaired) electrons. The van der Waals surface area contributed by atoms with E-state index in [-0.39, 0.29) is 5.91 Å². The third kappa shape index (κ3) is 5.17. The van der Waals surface area contributed by atoms with Gasteiger partial charge in [0.05, 0.1) is 0 Å². The van der Waals surface area contributed by atoms with Crippen molar-refractivity contribution in [2.45, 2.75) is 35.6 Å². The van der Waals surface area contributed by atoms with Crippen LogP contribution in [0, 0.1) is 0 Å². The third-order valence-corrected chi connectivity index (χ3v) is 4.53. The molecule has 1 N–H and O–H groups in total. The van der Waals surface area contributed by atoms with Gasteiger partial charge in [0, 0.05) is 23.7 Å². The Hall–Kier alpha value is -0.190. The molecule has 1 aromatic carbocycles. The van der Waals surface area contributed by atoms with Crippen molar-refractivity contribution in [3.05, 3.63) is 34.9 Å². The number of rotatable bonds is 3. The smallest absolute Gasteiger partial charge is 0.252 e. The highest BCUT2D eigenvalue weighted by molar-refractivity contribution is 6.68. The maximum Gasteiger partial charge on any atom is 0.252 e. The first-order chi connectivity index (χ1) is 10.4. The van der Waals surface area contributed by atoms with Crippen LogP contribution in [0.2, 0.25) is 5.02 Å². The largest absolute Gasteiger partial charge is 0.332 e. The maximum atomic E-state index is 12.4. The standard InChI is InChI=1S/C15H18Cl4N2O/c16-12-7-5-6-11(10-12)13(22)20-14(15(17,18)19)21-8-3-1-2-4-9-21/h5-7,10,14H,1-4,8-9H2,(H,20,22)/t14-/m0/s1. The number of hydrogen-bond acceptors (Lipinski definition) is 2. The minimum Gasteiger partial charge on any atom is -0.332 e. The van der Waals surface area contributed by atoms with Crippen molar-refractivity contribution in [3.8, 4) is 0 Å². The van der Waals surface area contributed by atoms with Gasteiger partial charge in [-0.15, -0.1) is 0 Å². The van der Waals surface area contributed by atoms with Gasteiger partial charge in [0.1, 0.15) is 6.17 Å². The van der Waals surface area contributed by atoms with Crippen LogP contribution in [0.4, 0.5) is 0 Å². The Balaban J connectivity index is 2.14. The lowest BCUT2D eigenvalue weighted by molar-refractivity contribution is 0.0853. The van der Waals surface area contributed by atoms with E-state index in [4.69, 9.17) is 46.4 Å². The van der Waals surface area contributed by atoms with E-state index in [1.54, 1.807) is 24.3 Å². The summed E-state index contributed by atoms with van der Waals surface area (Å²) in [5.74, 6) is -0.303. The molecule has 1 fully saturated rings. The average molecular weight is 384 g/mol.